The van der Waals surface area contributed by atoms with Crippen LogP contribution in [0.1, 0.15) is 21.5 Å². The molecule has 0 saturated heterocycles. The second-order valence-electron chi connectivity index (χ2n) is 8.66. The number of aromatic nitrogens is 2. The van der Waals surface area contributed by atoms with Gasteiger partial charge in [0.2, 0.25) is 5.91 Å². The van der Waals surface area contributed by atoms with Gasteiger partial charge in [0.1, 0.15) is 6.54 Å². The molecule has 0 radical (unpaired) electrons. The number of rotatable bonds is 5. The topological polar surface area (TPSA) is 64.4 Å². The molecule has 5 rings (SSSR count). The van der Waals surface area contributed by atoms with Crippen LogP contribution in [0.4, 0.5) is 0 Å². The predicted molar refractivity (Wildman–Crippen MR) is 135 cm³/mol. The van der Waals surface area contributed by atoms with E-state index in [-0.39, 0.29) is 18.4 Å². The first-order chi connectivity index (χ1) is 17.1. The lowest BCUT2D eigenvalue weighted by molar-refractivity contribution is -0.131. The monoisotopic (exact) mass is 465 g/mol. The molecule has 1 aromatic heterocycles. The third kappa shape index (κ3) is 4.87. The lowest BCUT2D eigenvalue weighted by atomic mass is 10.0. The van der Waals surface area contributed by atoms with Gasteiger partial charge in [0.05, 0.1) is 24.1 Å². The van der Waals surface area contributed by atoms with E-state index in [1.807, 2.05) is 88.4 Å². The maximum Gasteiger partial charge on any atom is 0.337 e. The van der Waals surface area contributed by atoms with Crippen molar-refractivity contribution >= 4 is 11.9 Å². The van der Waals surface area contributed by atoms with Gasteiger partial charge in [0, 0.05) is 18.7 Å². The molecule has 0 N–H and O–H groups in total. The third-order valence-corrected chi connectivity index (χ3v) is 6.49. The van der Waals surface area contributed by atoms with Crippen molar-refractivity contribution in [1.29, 1.82) is 0 Å². The van der Waals surface area contributed by atoms with Crippen LogP contribution >= 0.6 is 0 Å². The van der Waals surface area contributed by atoms with Crippen LogP contribution in [0.15, 0.2) is 84.9 Å². The van der Waals surface area contributed by atoms with Gasteiger partial charge in [-0.05, 0) is 47.7 Å². The fraction of sp³-hybridized carbons (Fsp3) is 0.207. The first kappa shape index (κ1) is 22.6. The molecule has 0 bridgehead atoms. The molecule has 0 atom stereocenters. The zero-order valence-corrected chi connectivity index (χ0v) is 19.7. The first-order valence-corrected chi connectivity index (χ1v) is 11.8. The van der Waals surface area contributed by atoms with E-state index in [0.29, 0.717) is 25.1 Å². The summed E-state index contributed by atoms with van der Waals surface area (Å²) in [5.41, 5.74) is 6.61. The van der Waals surface area contributed by atoms with Crippen molar-refractivity contribution in [3.63, 3.8) is 0 Å². The SMILES string of the molecule is COC(=O)c1ccc2c(c1)CCN(C(=O)Cn1nc(-c3ccccc3)cc1-c1ccccc1)CC2. The molecular formula is C29H27N3O3. The van der Waals surface area contributed by atoms with E-state index in [2.05, 4.69) is 0 Å². The molecule has 0 fully saturated rings. The van der Waals surface area contributed by atoms with E-state index in [4.69, 9.17) is 9.84 Å². The number of benzene rings is 3. The summed E-state index contributed by atoms with van der Waals surface area (Å²) in [6.45, 7) is 1.40. The minimum atomic E-state index is -0.341. The Balaban J connectivity index is 1.37. The number of ether oxygens (including phenoxy) is 1. The molecule has 3 aromatic carbocycles. The summed E-state index contributed by atoms with van der Waals surface area (Å²) in [4.78, 5) is 27.2. The third-order valence-electron chi connectivity index (χ3n) is 6.49. The van der Waals surface area contributed by atoms with Gasteiger partial charge in [-0.25, -0.2) is 4.79 Å². The average Bonchev–Trinajstić information content (AvgIpc) is 3.20. The number of carbonyl (C=O) groups excluding carboxylic acids is 2. The Labute approximate surface area is 204 Å². The Morgan fingerprint density at radius 2 is 1.49 bits per heavy atom. The average molecular weight is 466 g/mol. The van der Waals surface area contributed by atoms with Gasteiger partial charge in [-0.2, -0.15) is 5.10 Å². The van der Waals surface area contributed by atoms with Crippen LogP contribution in [0.5, 0.6) is 0 Å². The summed E-state index contributed by atoms with van der Waals surface area (Å²) in [6, 6.07) is 27.7. The molecule has 0 unspecified atom stereocenters. The van der Waals surface area contributed by atoms with Gasteiger partial charge in [-0.15, -0.1) is 0 Å². The van der Waals surface area contributed by atoms with E-state index in [9.17, 15) is 9.59 Å². The summed E-state index contributed by atoms with van der Waals surface area (Å²) in [7, 11) is 1.39. The zero-order valence-electron chi connectivity index (χ0n) is 19.7. The van der Waals surface area contributed by atoms with Gasteiger partial charge < -0.3 is 9.64 Å². The van der Waals surface area contributed by atoms with Crippen LogP contribution in [0.3, 0.4) is 0 Å². The molecule has 176 valence electrons. The van der Waals surface area contributed by atoms with Crippen molar-refractivity contribution in [2.75, 3.05) is 20.2 Å². The minimum Gasteiger partial charge on any atom is -0.465 e. The summed E-state index contributed by atoms with van der Waals surface area (Å²) < 4.78 is 6.67. The Morgan fingerprint density at radius 1 is 0.829 bits per heavy atom. The van der Waals surface area contributed by atoms with E-state index < -0.39 is 0 Å². The lowest BCUT2D eigenvalue weighted by Crippen LogP contribution is -2.36. The quantitative estimate of drug-likeness (QED) is 0.403. The van der Waals surface area contributed by atoms with Crippen molar-refractivity contribution in [2.24, 2.45) is 0 Å². The van der Waals surface area contributed by atoms with Crippen LogP contribution in [0.25, 0.3) is 22.5 Å². The van der Waals surface area contributed by atoms with Crippen LogP contribution < -0.4 is 0 Å². The molecule has 2 heterocycles. The second kappa shape index (κ2) is 9.97. The highest BCUT2D eigenvalue weighted by Gasteiger charge is 2.22. The van der Waals surface area contributed by atoms with E-state index in [1.54, 1.807) is 6.07 Å². The first-order valence-electron chi connectivity index (χ1n) is 11.8. The number of methoxy groups -OCH3 is 1. The van der Waals surface area contributed by atoms with Crippen LogP contribution in [0.2, 0.25) is 0 Å². The molecule has 1 aliphatic heterocycles. The van der Waals surface area contributed by atoms with Gasteiger partial charge in [0.15, 0.2) is 0 Å². The van der Waals surface area contributed by atoms with Crippen molar-refractivity contribution in [3.8, 4) is 22.5 Å². The standard InChI is InChI=1S/C29H27N3O3/c1-35-29(34)25-13-12-21-14-16-31(17-15-24(21)18-25)28(33)20-32-27(23-10-6-3-7-11-23)19-26(30-32)22-8-4-2-5-9-22/h2-13,18-19H,14-17,20H2,1H3. The van der Waals surface area contributed by atoms with Crippen molar-refractivity contribution in [2.45, 2.75) is 19.4 Å². The van der Waals surface area contributed by atoms with Gasteiger partial charge in [0.25, 0.3) is 0 Å². The zero-order chi connectivity index (χ0) is 24.2. The molecular weight excluding hydrogens is 438 g/mol. The summed E-state index contributed by atoms with van der Waals surface area (Å²) >= 11 is 0. The van der Waals surface area contributed by atoms with Gasteiger partial charge in [-0.3, -0.25) is 9.48 Å². The number of amides is 1. The van der Waals surface area contributed by atoms with E-state index >= 15 is 0 Å². The highest BCUT2D eigenvalue weighted by Crippen LogP contribution is 2.26. The van der Waals surface area contributed by atoms with Crippen molar-refractivity contribution in [3.05, 3.63) is 102 Å². The normalized spacial score (nSPS) is 13.1. The molecule has 4 aromatic rings. The van der Waals surface area contributed by atoms with Crippen molar-refractivity contribution < 1.29 is 14.3 Å². The minimum absolute atomic E-state index is 0.0332. The number of esters is 1. The summed E-state index contributed by atoms with van der Waals surface area (Å²) in [5, 5.41) is 4.81. The number of hydrogen-bond acceptors (Lipinski definition) is 4. The molecule has 1 aliphatic rings. The molecule has 1 amide bonds. The fourth-order valence-electron chi connectivity index (χ4n) is 4.58. The molecule has 35 heavy (non-hydrogen) atoms. The molecule has 0 saturated carbocycles. The Morgan fingerprint density at radius 3 is 2.17 bits per heavy atom. The van der Waals surface area contributed by atoms with E-state index in [1.165, 1.54) is 12.7 Å². The highest BCUT2D eigenvalue weighted by atomic mass is 16.5. The Hall–Kier alpha value is -4.19. The largest absolute Gasteiger partial charge is 0.465 e. The maximum atomic E-state index is 13.4. The number of fused-ring (bicyclic) bond motifs is 1. The van der Waals surface area contributed by atoms with Crippen LogP contribution in [0, 0.1) is 0 Å². The number of carbonyl (C=O) groups is 2. The van der Waals surface area contributed by atoms with Gasteiger partial charge >= 0.3 is 5.97 Å². The second-order valence-corrected chi connectivity index (χ2v) is 8.66. The van der Waals surface area contributed by atoms with Crippen molar-refractivity contribution in [1.82, 2.24) is 14.7 Å². The van der Waals surface area contributed by atoms with Crippen LogP contribution in [-0.4, -0.2) is 46.8 Å². The smallest absolute Gasteiger partial charge is 0.337 e. The van der Waals surface area contributed by atoms with E-state index in [0.717, 1.165) is 34.5 Å². The maximum absolute atomic E-state index is 13.4. The number of nitrogens with zero attached hydrogens (tertiary/aromatic N) is 3. The lowest BCUT2D eigenvalue weighted by Gasteiger charge is -2.21. The summed E-state index contributed by atoms with van der Waals surface area (Å²) in [6.07, 6.45) is 1.45. The molecule has 0 spiro atoms. The summed E-state index contributed by atoms with van der Waals surface area (Å²) in [5.74, 6) is -0.308. The molecule has 0 aliphatic carbocycles. The van der Waals surface area contributed by atoms with Gasteiger partial charge in [-0.1, -0.05) is 66.7 Å². The Bertz CT molecular complexity index is 1350. The molecule has 6 heteroatoms. The van der Waals surface area contributed by atoms with Crippen LogP contribution in [-0.2, 0) is 28.9 Å². The Kier molecular flexibility index (Phi) is 6.44. The molecule has 6 nitrogen and oxygen atoms in total. The predicted octanol–water partition coefficient (Wildman–Crippen LogP) is 4.63. The fourth-order valence-corrected chi connectivity index (χ4v) is 4.58. The highest BCUT2D eigenvalue weighted by molar-refractivity contribution is 5.89. The number of hydrogen-bond donors (Lipinski definition) is 0.